The molecule has 3 heterocycles. The molecule has 0 unspecified atom stereocenters. The number of aliphatic hydroxyl groups excluding tert-OH is 1. The fraction of sp³-hybridized carbons (Fsp3) is 0.351. The summed E-state index contributed by atoms with van der Waals surface area (Å²) >= 11 is 0. The van der Waals surface area contributed by atoms with Gasteiger partial charge >= 0.3 is 0 Å². The zero-order chi connectivity index (χ0) is 29.8. The molecule has 6 nitrogen and oxygen atoms in total. The summed E-state index contributed by atoms with van der Waals surface area (Å²) in [5.74, 6) is 0.125. The van der Waals surface area contributed by atoms with Gasteiger partial charge in [0.2, 0.25) is 5.91 Å². The first-order chi connectivity index (χ1) is 21.0. The highest BCUT2D eigenvalue weighted by Gasteiger charge is 2.31. The Morgan fingerprint density at radius 2 is 1.70 bits per heavy atom. The first-order valence-electron chi connectivity index (χ1n) is 15.5. The summed E-state index contributed by atoms with van der Waals surface area (Å²) in [6, 6.07) is 27.2. The summed E-state index contributed by atoms with van der Waals surface area (Å²) in [4.78, 5) is 18.7. The van der Waals surface area contributed by atoms with Crippen molar-refractivity contribution < 1.29 is 14.6 Å². The maximum Gasteiger partial charge on any atom is 0.228 e. The minimum atomic E-state index is -0.209. The number of ether oxygens (including phenoxy) is 1. The van der Waals surface area contributed by atoms with Crippen LogP contribution in [-0.2, 0) is 29.0 Å². The molecule has 3 aromatic carbocycles. The third kappa shape index (κ3) is 6.08. The lowest BCUT2D eigenvalue weighted by Gasteiger charge is -2.30. The van der Waals surface area contributed by atoms with Crippen molar-refractivity contribution in [1.29, 1.82) is 0 Å². The van der Waals surface area contributed by atoms with E-state index in [-0.39, 0.29) is 24.3 Å². The molecule has 6 heteroatoms. The van der Waals surface area contributed by atoms with Crippen molar-refractivity contribution in [3.8, 4) is 0 Å². The molecular formula is C37H41N3O3. The molecule has 5 aromatic rings. The highest BCUT2D eigenvalue weighted by atomic mass is 16.5. The molecule has 0 radical (unpaired) electrons. The molecule has 1 aliphatic rings. The van der Waals surface area contributed by atoms with Gasteiger partial charge < -0.3 is 19.7 Å². The van der Waals surface area contributed by atoms with E-state index >= 15 is 0 Å². The van der Waals surface area contributed by atoms with Crippen molar-refractivity contribution in [2.75, 3.05) is 19.8 Å². The Labute approximate surface area is 253 Å². The third-order valence-electron chi connectivity index (χ3n) is 9.08. The number of pyridine rings is 1. The highest BCUT2D eigenvalue weighted by molar-refractivity contribution is 6.08. The van der Waals surface area contributed by atoms with Gasteiger partial charge in [0.15, 0.2) is 0 Å². The van der Waals surface area contributed by atoms with Crippen LogP contribution >= 0.6 is 0 Å². The Balaban J connectivity index is 1.30. The topological polar surface area (TPSA) is 76.4 Å². The second-order valence-corrected chi connectivity index (χ2v) is 11.8. The fourth-order valence-electron chi connectivity index (χ4n) is 6.80. The molecule has 1 fully saturated rings. The van der Waals surface area contributed by atoms with Crippen LogP contribution in [0.3, 0.4) is 0 Å². The molecule has 1 amide bonds. The van der Waals surface area contributed by atoms with E-state index in [4.69, 9.17) is 9.72 Å². The number of hydrogen-bond donors (Lipinski definition) is 2. The van der Waals surface area contributed by atoms with E-state index in [0.717, 1.165) is 53.7 Å². The second kappa shape index (κ2) is 13.1. The zero-order valence-corrected chi connectivity index (χ0v) is 25.2. The van der Waals surface area contributed by atoms with Crippen LogP contribution in [-0.4, -0.2) is 40.4 Å². The predicted molar refractivity (Wildman–Crippen MR) is 172 cm³/mol. The largest absolute Gasteiger partial charge is 0.396 e. The maximum absolute atomic E-state index is 13.6. The number of nitrogens with zero attached hydrogens (tertiary/aromatic N) is 2. The first kappa shape index (κ1) is 29.1. The van der Waals surface area contributed by atoms with Crippen LogP contribution in [0, 0.1) is 19.8 Å². The number of amides is 1. The predicted octanol–water partition coefficient (Wildman–Crippen LogP) is 6.61. The lowest BCUT2D eigenvalue weighted by atomic mass is 9.80. The van der Waals surface area contributed by atoms with Crippen LogP contribution in [0.4, 0.5) is 0 Å². The summed E-state index contributed by atoms with van der Waals surface area (Å²) in [7, 11) is 0. The van der Waals surface area contributed by atoms with Gasteiger partial charge in [-0.1, -0.05) is 72.8 Å². The van der Waals surface area contributed by atoms with Crippen molar-refractivity contribution in [3.63, 3.8) is 0 Å². The molecule has 0 bridgehead atoms. The number of rotatable bonds is 10. The number of para-hydroxylation sites is 1. The van der Waals surface area contributed by atoms with Crippen LogP contribution in [0.5, 0.6) is 0 Å². The van der Waals surface area contributed by atoms with Crippen molar-refractivity contribution >= 4 is 27.8 Å². The van der Waals surface area contributed by atoms with Gasteiger partial charge in [-0.2, -0.15) is 0 Å². The molecule has 1 aliphatic heterocycles. The van der Waals surface area contributed by atoms with Crippen molar-refractivity contribution in [1.82, 2.24) is 14.9 Å². The van der Waals surface area contributed by atoms with Crippen LogP contribution in [0.15, 0.2) is 78.9 Å². The Morgan fingerprint density at radius 3 is 2.44 bits per heavy atom. The van der Waals surface area contributed by atoms with E-state index in [1.54, 1.807) is 0 Å². The van der Waals surface area contributed by atoms with Gasteiger partial charge in [0, 0.05) is 49.4 Å². The highest BCUT2D eigenvalue weighted by Crippen LogP contribution is 2.35. The fourth-order valence-corrected chi connectivity index (χ4v) is 6.80. The van der Waals surface area contributed by atoms with Gasteiger partial charge in [-0.25, -0.2) is 4.98 Å². The summed E-state index contributed by atoms with van der Waals surface area (Å²) in [5, 5.41) is 15.1. The maximum atomic E-state index is 13.6. The third-order valence-corrected chi connectivity index (χ3v) is 9.08. The average Bonchev–Trinajstić information content (AvgIpc) is 3.34. The molecule has 2 aromatic heterocycles. The van der Waals surface area contributed by atoms with Gasteiger partial charge in [-0.05, 0) is 79.3 Å². The number of carbonyl (C=O) groups excluding carboxylic acids is 1. The summed E-state index contributed by atoms with van der Waals surface area (Å²) in [6.07, 6.45) is 3.33. The molecule has 222 valence electrons. The monoisotopic (exact) mass is 575 g/mol. The summed E-state index contributed by atoms with van der Waals surface area (Å²) in [6.45, 7) is 7.06. The smallest absolute Gasteiger partial charge is 0.228 e. The number of fused-ring (bicyclic) bond motifs is 3. The lowest BCUT2D eigenvalue weighted by Crippen LogP contribution is -2.35. The van der Waals surface area contributed by atoms with Gasteiger partial charge in [-0.15, -0.1) is 0 Å². The van der Waals surface area contributed by atoms with E-state index in [1.807, 2.05) is 30.3 Å². The molecule has 0 saturated carbocycles. The SMILES string of the molecule is Cc1nc2c(c(C)c1CCCO)c1ccccc1n2Cc1ccc([C@@H](C(=O)NCc2ccccc2)C2CCOCC2)cc1. The van der Waals surface area contributed by atoms with Gasteiger partial charge in [0.05, 0.1) is 11.4 Å². The Hall–Kier alpha value is -4.00. The second-order valence-electron chi connectivity index (χ2n) is 11.8. The van der Waals surface area contributed by atoms with Crippen molar-refractivity contribution in [2.24, 2.45) is 5.92 Å². The lowest BCUT2D eigenvalue weighted by molar-refractivity contribution is -0.124. The molecule has 2 N–H and O–H groups in total. The van der Waals surface area contributed by atoms with Crippen LogP contribution < -0.4 is 5.32 Å². The quantitative estimate of drug-likeness (QED) is 0.197. The minimum Gasteiger partial charge on any atom is -0.396 e. The normalized spacial score (nSPS) is 14.8. The molecule has 0 spiro atoms. The van der Waals surface area contributed by atoms with E-state index in [0.29, 0.717) is 26.3 Å². The standard InChI is InChI=1S/C37H41N3O3/c1-25-31(12-8-20-41)26(2)39-36-34(25)32-11-6-7-13-33(32)40(36)24-28-14-16-29(17-15-28)35(30-18-21-43-22-19-30)37(42)38-23-27-9-4-3-5-10-27/h3-7,9-11,13-17,30,35,41H,8,12,18-24H2,1-2H3,(H,38,42)/t35-/m1/s1. The van der Waals surface area contributed by atoms with Gasteiger partial charge in [-0.3, -0.25) is 4.79 Å². The number of aromatic nitrogens is 2. The first-order valence-corrected chi connectivity index (χ1v) is 15.5. The number of nitrogens with one attached hydrogen (secondary N) is 1. The number of benzene rings is 3. The Bertz CT molecular complexity index is 1700. The van der Waals surface area contributed by atoms with Gasteiger partial charge in [0.1, 0.15) is 5.65 Å². The van der Waals surface area contributed by atoms with Crippen molar-refractivity contribution in [3.05, 3.63) is 112 Å². The van der Waals surface area contributed by atoms with E-state index in [9.17, 15) is 9.90 Å². The van der Waals surface area contributed by atoms with E-state index in [2.05, 4.69) is 72.3 Å². The molecular weight excluding hydrogens is 534 g/mol. The Kier molecular flexibility index (Phi) is 8.87. The van der Waals surface area contributed by atoms with Gasteiger partial charge in [0.25, 0.3) is 0 Å². The number of aryl methyl sites for hydroxylation is 2. The number of aliphatic hydroxyl groups is 1. The number of hydrogen-bond acceptors (Lipinski definition) is 4. The molecule has 0 aliphatic carbocycles. The molecule has 43 heavy (non-hydrogen) atoms. The van der Waals surface area contributed by atoms with Crippen molar-refractivity contribution in [2.45, 2.75) is 58.5 Å². The summed E-state index contributed by atoms with van der Waals surface area (Å²) < 4.78 is 7.95. The van der Waals surface area contributed by atoms with Crippen LogP contribution in [0.25, 0.3) is 21.9 Å². The van der Waals surface area contributed by atoms with E-state index in [1.165, 1.54) is 27.5 Å². The Morgan fingerprint density at radius 1 is 0.977 bits per heavy atom. The summed E-state index contributed by atoms with van der Waals surface area (Å²) in [5.41, 5.74) is 9.00. The average molecular weight is 576 g/mol. The zero-order valence-electron chi connectivity index (χ0n) is 25.2. The molecule has 6 rings (SSSR count). The van der Waals surface area contributed by atoms with Crippen LogP contribution in [0.2, 0.25) is 0 Å². The van der Waals surface area contributed by atoms with E-state index < -0.39 is 0 Å². The molecule has 1 saturated heterocycles. The van der Waals surface area contributed by atoms with Crippen LogP contribution in [0.1, 0.15) is 58.7 Å². The minimum absolute atomic E-state index is 0.0815. The number of carbonyl (C=O) groups is 1. The molecule has 1 atom stereocenters.